The van der Waals surface area contributed by atoms with E-state index in [1.807, 2.05) is 37.3 Å². The van der Waals surface area contributed by atoms with Crippen molar-refractivity contribution in [2.45, 2.75) is 32.7 Å². The number of piperidine rings is 1. The first-order valence-corrected chi connectivity index (χ1v) is 10.5. The van der Waals surface area contributed by atoms with Gasteiger partial charge in [-0.1, -0.05) is 24.3 Å². The Labute approximate surface area is 181 Å². The van der Waals surface area contributed by atoms with Gasteiger partial charge in [0.1, 0.15) is 5.58 Å². The molecule has 1 saturated heterocycles. The molecule has 0 radical (unpaired) electrons. The predicted octanol–water partition coefficient (Wildman–Crippen LogP) is 3.85. The molecule has 0 N–H and O–H groups in total. The number of nitrogens with zero attached hydrogens (tertiary/aromatic N) is 2. The second kappa shape index (κ2) is 8.38. The van der Waals surface area contributed by atoms with Gasteiger partial charge in [-0.25, -0.2) is 4.79 Å². The number of carbonyl (C=O) groups excluding carboxylic acids is 2. The quantitative estimate of drug-likeness (QED) is 0.606. The first-order valence-electron chi connectivity index (χ1n) is 10.5. The molecule has 0 bridgehead atoms. The van der Waals surface area contributed by atoms with Crippen LogP contribution in [0.15, 0.2) is 57.7 Å². The van der Waals surface area contributed by atoms with Crippen LogP contribution in [-0.4, -0.2) is 47.8 Å². The second-order valence-corrected chi connectivity index (χ2v) is 8.18. The van der Waals surface area contributed by atoms with E-state index < -0.39 is 5.63 Å². The number of fused-ring (bicyclic) bond motifs is 1. The van der Waals surface area contributed by atoms with Gasteiger partial charge in [0.25, 0.3) is 5.91 Å². The van der Waals surface area contributed by atoms with Crippen LogP contribution in [0.1, 0.15) is 35.7 Å². The van der Waals surface area contributed by atoms with E-state index in [0.717, 1.165) is 34.9 Å². The Balaban J connectivity index is 1.68. The summed E-state index contributed by atoms with van der Waals surface area (Å²) in [6, 6.07) is 14.7. The summed E-state index contributed by atoms with van der Waals surface area (Å²) < 4.78 is 5.45. The SMILES string of the molecule is CC(=O)N(C)[C@@H]1CCCN(C(=O)c2ccc3c(-c4ccccc4C)cc(=O)oc3c2)C1. The lowest BCUT2D eigenvalue weighted by atomic mass is 9.97. The molecule has 4 rings (SSSR count). The van der Waals surface area contributed by atoms with Crippen molar-refractivity contribution >= 4 is 22.8 Å². The number of hydrogen-bond acceptors (Lipinski definition) is 4. The highest BCUT2D eigenvalue weighted by Crippen LogP contribution is 2.30. The summed E-state index contributed by atoms with van der Waals surface area (Å²) in [5.74, 6) is -0.122. The highest BCUT2D eigenvalue weighted by Gasteiger charge is 2.28. The van der Waals surface area contributed by atoms with Crippen LogP contribution in [0, 0.1) is 6.92 Å². The van der Waals surface area contributed by atoms with Gasteiger partial charge in [0.15, 0.2) is 0 Å². The zero-order valence-corrected chi connectivity index (χ0v) is 18.1. The Morgan fingerprint density at radius 2 is 1.87 bits per heavy atom. The smallest absolute Gasteiger partial charge is 0.336 e. The van der Waals surface area contributed by atoms with E-state index in [2.05, 4.69) is 0 Å². The van der Waals surface area contributed by atoms with Gasteiger partial charge in [-0.3, -0.25) is 9.59 Å². The van der Waals surface area contributed by atoms with Crippen molar-refractivity contribution in [3.63, 3.8) is 0 Å². The number of aryl methyl sites for hydroxylation is 1. The molecule has 2 heterocycles. The van der Waals surface area contributed by atoms with E-state index in [0.29, 0.717) is 24.2 Å². The molecular formula is C25H26N2O4. The number of carbonyl (C=O) groups is 2. The minimum absolute atomic E-state index is 0.00415. The first-order chi connectivity index (χ1) is 14.8. The number of hydrogen-bond donors (Lipinski definition) is 0. The maximum absolute atomic E-state index is 13.2. The van der Waals surface area contributed by atoms with Crippen molar-refractivity contribution in [2.75, 3.05) is 20.1 Å². The van der Waals surface area contributed by atoms with Gasteiger partial charge in [-0.05, 0) is 49.1 Å². The molecular weight excluding hydrogens is 392 g/mol. The van der Waals surface area contributed by atoms with Gasteiger partial charge in [0.05, 0.1) is 0 Å². The van der Waals surface area contributed by atoms with Gasteiger partial charge in [-0.2, -0.15) is 0 Å². The van der Waals surface area contributed by atoms with Crippen molar-refractivity contribution in [3.05, 3.63) is 70.1 Å². The predicted molar refractivity (Wildman–Crippen MR) is 120 cm³/mol. The van der Waals surface area contributed by atoms with Crippen molar-refractivity contribution in [1.29, 1.82) is 0 Å². The third-order valence-corrected chi connectivity index (χ3v) is 6.15. The molecule has 0 aliphatic carbocycles. The molecule has 1 aliphatic rings. The Morgan fingerprint density at radius 3 is 2.61 bits per heavy atom. The number of likely N-dealkylation sites (N-methyl/N-ethyl adjacent to an activating group) is 1. The van der Waals surface area contributed by atoms with Crippen LogP contribution < -0.4 is 5.63 Å². The fraction of sp³-hybridized carbons (Fsp3) is 0.320. The molecule has 1 atom stereocenters. The van der Waals surface area contributed by atoms with Crippen molar-refractivity contribution in [3.8, 4) is 11.1 Å². The third-order valence-electron chi connectivity index (χ3n) is 6.15. The lowest BCUT2D eigenvalue weighted by Gasteiger charge is -2.37. The average molecular weight is 418 g/mol. The van der Waals surface area contributed by atoms with Gasteiger partial charge in [0, 0.05) is 55.7 Å². The van der Waals surface area contributed by atoms with E-state index in [9.17, 15) is 14.4 Å². The van der Waals surface area contributed by atoms with E-state index in [4.69, 9.17) is 4.42 Å². The Kier molecular flexibility index (Phi) is 5.63. The topological polar surface area (TPSA) is 70.8 Å². The minimum Gasteiger partial charge on any atom is -0.423 e. The molecule has 1 aliphatic heterocycles. The van der Waals surface area contributed by atoms with Crippen LogP contribution in [0.3, 0.4) is 0 Å². The van der Waals surface area contributed by atoms with Crippen LogP contribution in [0.4, 0.5) is 0 Å². The Morgan fingerprint density at radius 1 is 1.10 bits per heavy atom. The largest absolute Gasteiger partial charge is 0.423 e. The molecule has 6 heteroatoms. The average Bonchev–Trinajstić information content (AvgIpc) is 2.77. The third kappa shape index (κ3) is 4.10. The maximum Gasteiger partial charge on any atom is 0.336 e. The lowest BCUT2D eigenvalue weighted by Crippen LogP contribution is -2.49. The number of benzene rings is 2. The molecule has 1 aromatic heterocycles. The zero-order valence-electron chi connectivity index (χ0n) is 18.1. The highest BCUT2D eigenvalue weighted by molar-refractivity contribution is 6.01. The summed E-state index contributed by atoms with van der Waals surface area (Å²) in [7, 11) is 1.78. The maximum atomic E-state index is 13.2. The summed E-state index contributed by atoms with van der Waals surface area (Å²) >= 11 is 0. The van der Waals surface area contributed by atoms with Gasteiger partial charge in [0.2, 0.25) is 5.91 Å². The molecule has 0 saturated carbocycles. The first kappa shape index (κ1) is 20.8. The summed E-state index contributed by atoms with van der Waals surface area (Å²) in [5, 5.41) is 0.790. The molecule has 0 spiro atoms. The van der Waals surface area contributed by atoms with Gasteiger partial charge < -0.3 is 14.2 Å². The van der Waals surface area contributed by atoms with Crippen LogP contribution in [0.5, 0.6) is 0 Å². The van der Waals surface area contributed by atoms with E-state index in [1.54, 1.807) is 29.0 Å². The fourth-order valence-electron chi connectivity index (χ4n) is 4.29. The van der Waals surface area contributed by atoms with Crippen LogP contribution in [0.25, 0.3) is 22.1 Å². The molecule has 160 valence electrons. The normalized spacial score (nSPS) is 16.4. The van der Waals surface area contributed by atoms with E-state index >= 15 is 0 Å². The van der Waals surface area contributed by atoms with E-state index in [-0.39, 0.29) is 17.9 Å². The Bertz CT molecular complexity index is 1210. The van der Waals surface area contributed by atoms with Crippen molar-refractivity contribution in [2.24, 2.45) is 0 Å². The Hall–Kier alpha value is -3.41. The number of amides is 2. The molecule has 0 unspecified atom stereocenters. The summed E-state index contributed by atoms with van der Waals surface area (Å²) in [5.41, 5.74) is 3.24. The molecule has 2 aromatic carbocycles. The van der Waals surface area contributed by atoms with Crippen molar-refractivity contribution in [1.82, 2.24) is 9.80 Å². The summed E-state index contributed by atoms with van der Waals surface area (Å²) in [6.07, 6.45) is 1.72. The monoisotopic (exact) mass is 418 g/mol. The minimum atomic E-state index is -0.448. The van der Waals surface area contributed by atoms with Crippen LogP contribution in [-0.2, 0) is 4.79 Å². The fourth-order valence-corrected chi connectivity index (χ4v) is 4.29. The highest BCUT2D eigenvalue weighted by atomic mass is 16.4. The standard InChI is InChI=1S/C25H26N2O4/c1-16-7-4-5-9-20(16)22-14-24(29)31-23-13-18(10-11-21(22)23)25(30)27-12-6-8-19(15-27)26(3)17(2)28/h4-5,7,9-11,13-14,19H,6,8,12,15H2,1-3H3/t19-/m1/s1. The second-order valence-electron chi connectivity index (χ2n) is 8.18. The molecule has 1 fully saturated rings. The van der Waals surface area contributed by atoms with Crippen LogP contribution in [0.2, 0.25) is 0 Å². The zero-order chi connectivity index (χ0) is 22.1. The molecule has 6 nitrogen and oxygen atoms in total. The summed E-state index contributed by atoms with van der Waals surface area (Å²) in [4.78, 5) is 40.6. The van der Waals surface area contributed by atoms with Gasteiger partial charge in [-0.15, -0.1) is 0 Å². The van der Waals surface area contributed by atoms with Gasteiger partial charge >= 0.3 is 5.63 Å². The van der Waals surface area contributed by atoms with Crippen molar-refractivity contribution < 1.29 is 14.0 Å². The number of rotatable bonds is 3. The molecule has 31 heavy (non-hydrogen) atoms. The number of likely N-dealkylation sites (tertiary alicyclic amines) is 1. The van der Waals surface area contributed by atoms with E-state index in [1.165, 1.54) is 13.0 Å². The molecule has 3 aromatic rings. The van der Waals surface area contributed by atoms with Crippen LogP contribution >= 0.6 is 0 Å². The summed E-state index contributed by atoms with van der Waals surface area (Å²) in [6.45, 7) is 4.68. The molecule has 2 amide bonds. The lowest BCUT2D eigenvalue weighted by molar-refractivity contribution is -0.130.